The van der Waals surface area contributed by atoms with Crippen LogP contribution in [0.15, 0.2) is 18.2 Å². The number of benzene rings is 1. The van der Waals surface area contributed by atoms with Gasteiger partial charge in [0, 0.05) is 37.2 Å². The van der Waals surface area contributed by atoms with Gasteiger partial charge in [-0.05, 0) is 36.5 Å². The van der Waals surface area contributed by atoms with E-state index in [9.17, 15) is 19.2 Å². The van der Waals surface area contributed by atoms with Gasteiger partial charge >= 0.3 is 6.09 Å². The number of piperidine rings is 1. The number of amides is 4. The first-order valence-corrected chi connectivity index (χ1v) is 11.5. The first-order valence-electron chi connectivity index (χ1n) is 11.5. The molecule has 1 aromatic rings. The first kappa shape index (κ1) is 20.6. The van der Waals surface area contributed by atoms with E-state index in [2.05, 4.69) is 15.5 Å². The third kappa shape index (κ3) is 3.31. The molecule has 0 radical (unpaired) electrons. The minimum absolute atomic E-state index is 0.0610. The molecule has 174 valence electrons. The van der Waals surface area contributed by atoms with Crippen LogP contribution in [0.2, 0.25) is 0 Å². The number of morpholine rings is 1. The molecule has 10 heteroatoms. The number of rotatable bonds is 5. The molecule has 4 amide bonds. The third-order valence-electron chi connectivity index (χ3n) is 7.75. The summed E-state index contributed by atoms with van der Waals surface area (Å²) in [6.45, 7) is 3.66. The van der Waals surface area contributed by atoms with Gasteiger partial charge < -0.3 is 19.7 Å². The van der Waals surface area contributed by atoms with Crippen LogP contribution in [0.4, 0.5) is 4.79 Å². The third-order valence-corrected chi connectivity index (χ3v) is 7.75. The predicted molar refractivity (Wildman–Crippen MR) is 113 cm³/mol. The molecule has 6 rings (SSSR count). The number of hydrogen-bond acceptors (Lipinski definition) is 7. The summed E-state index contributed by atoms with van der Waals surface area (Å²) in [6, 6.07) is 4.75. The molecular weight excluding hydrogens is 428 g/mol. The molecular formula is C23H26N4O6. The molecule has 1 atom stereocenters. The lowest BCUT2D eigenvalue weighted by molar-refractivity contribution is -0.136. The number of hydrogen-bond donors (Lipinski definition) is 2. The maximum Gasteiger partial charge on any atom is 0.407 e. The van der Waals surface area contributed by atoms with Crippen LogP contribution in [0.1, 0.15) is 47.2 Å². The number of ether oxygens (including phenoxy) is 2. The highest BCUT2D eigenvalue weighted by Gasteiger charge is 2.86. The van der Waals surface area contributed by atoms with E-state index in [-0.39, 0.29) is 35.9 Å². The molecule has 2 N–H and O–H groups in total. The smallest absolute Gasteiger partial charge is 0.407 e. The second-order valence-electron chi connectivity index (χ2n) is 9.66. The summed E-state index contributed by atoms with van der Waals surface area (Å²) in [5.74, 6) is -0.978. The Hall–Kier alpha value is -2.98. The first-order chi connectivity index (χ1) is 15.9. The van der Waals surface area contributed by atoms with E-state index in [0.717, 1.165) is 44.7 Å². The van der Waals surface area contributed by atoms with E-state index >= 15 is 0 Å². The van der Waals surface area contributed by atoms with Gasteiger partial charge in [-0.15, -0.1) is 0 Å². The molecule has 2 saturated heterocycles. The van der Waals surface area contributed by atoms with Gasteiger partial charge in [-0.3, -0.25) is 24.6 Å². The van der Waals surface area contributed by atoms with Gasteiger partial charge in [-0.1, -0.05) is 12.1 Å². The number of nitrogens with zero attached hydrogens (tertiary/aromatic N) is 2. The molecule has 1 unspecified atom stereocenters. The largest absolute Gasteiger partial charge is 0.445 e. The van der Waals surface area contributed by atoms with Crippen molar-refractivity contribution in [1.82, 2.24) is 20.4 Å². The monoisotopic (exact) mass is 454 g/mol. The normalized spacial score (nSPS) is 32.7. The molecule has 4 fully saturated rings. The Kier molecular flexibility index (Phi) is 4.54. The minimum atomic E-state index is -0.642. The summed E-state index contributed by atoms with van der Waals surface area (Å²) < 4.78 is 10.9. The fourth-order valence-corrected chi connectivity index (χ4v) is 5.65. The molecule has 0 spiro atoms. The zero-order valence-electron chi connectivity index (χ0n) is 18.2. The highest BCUT2D eigenvalue weighted by Crippen LogP contribution is 2.73. The molecule has 1 aromatic carbocycles. The number of imide groups is 1. The molecule has 3 heterocycles. The van der Waals surface area contributed by atoms with Crippen LogP contribution in [0.25, 0.3) is 0 Å². The van der Waals surface area contributed by atoms with Crippen molar-refractivity contribution >= 4 is 23.8 Å². The number of alkyl carbamates (subject to hydrolysis) is 1. The van der Waals surface area contributed by atoms with Crippen molar-refractivity contribution < 1.29 is 28.7 Å². The number of carbonyl (C=O) groups excluding carboxylic acids is 4. The molecule has 3 aliphatic heterocycles. The Labute approximate surface area is 190 Å². The Morgan fingerprint density at radius 3 is 2.76 bits per heavy atom. The van der Waals surface area contributed by atoms with Crippen LogP contribution in [-0.2, 0) is 32.2 Å². The topological polar surface area (TPSA) is 117 Å². The van der Waals surface area contributed by atoms with Crippen molar-refractivity contribution in [2.75, 3.05) is 26.3 Å². The van der Waals surface area contributed by atoms with Crippen LogP contribution < -0.4 is 10.6 Å². The number of fused-ring (bicyclic) bond motifs is 2. The minimum Gasteiger partial charge on any atom is -0.445 e. The standard InChI is InChI=1S/C23H26N4O6/c28-18-4-3-17(19(29)24-18)27-10-15-2-1-14(9-16(15)20(27)30)11-33-21(31)25-22-12-23(22,13-22)26-5-7-32-8-6-26/h1-2,9,17H,3-8,10-13H2,(H,25,31)(H,24,28,29). The second-order valence-corrected chi connectivity index (χ2v) is 9.66. The summed E-state index contributed by atoms with van der Waals surface area (Å²) in [6.07, 6.45) is 2.02. The van der Waals surface area contributed by atoms with Crippen molar-refractivity contribution in [3.8, 4) is 0 Å². The number of carbonyl (C=O) groups is 4. The second kappa shape index (κ2) is 7.26. The number of nitrogens with one attached hydrogen (secondary N) is 2. The summed E-state index contributed by atoms with van der Waals surface area (Å²) in [4.78, 5) is 52.9. The lowest BCUT2D eigenvalue weighted by atomic mass is 10.0. The average molecular weight is 454 g/mol. The van der Waals surface area contributed by atoms with Crippen molar-refractivity contribution in [3.05, 3.63) is 34.9 Å². The molecule has 10 nitrogen and oxygen atoms in total. The molecule has 2 aliphatic carbocycles. The van der Waals surface area contributed by atoms with Crippen LogP contribution in [-0.4, -0.2) is 77.0 Å². The van der Waals surface area contributed by atoms with E-state index < -0.39 is 18.0 Å². The zero-order valence-corrected chi connectivity index (χ0v) is 18.2. The van der Waals surface area contributed by atoms with Gasteiger partial charge in [0.05, 0.1) is 18.8 Å². The van der Waals surface area contributed by atoms with Gasteiger partial charge in [-0.25, -0.2) is 4.79 Å². The molecule has 5 aliphatic rings. The summed E-state index contributed by atoms with van der Waals surface area (Å²) >= 11 is 0. The Balaban J connectivity index is 1.04. The quantitative estimate of drug-likeness (QED) is 0.614. The molecule has 0 bridgehead atoms. The van der Waals surface area contributed by atoms with Crippen molar-refractivity contribution in [2.45, 2.75) is 56.0 Å². The lowest BCUT2D eigenvalue weighted by Gasteiger charge is -2.29. The highest BCUT2D eigenvalue weighted by atomic mass is 16.5. The average Bonchev–Trinajstić information content (AvgIpc) is 3.59. The fourth-order valence-electron chi connectivity index (χ4n) is 5.65. The molecule has 33 heavy (non-hydrogen) atoms. The Morgan fingerprint density at radius 2 is 2.00 bits per heavy atom. The van der Waals surface area contributed by atoms with E-state index in [1.54, 1.807) is 6.07 Å². The molecule has 0 aromatic heterocycles. The van der Waals surface area contributed by atoms with Crippen molar-refractivity contribution in [2.24, 2.45) is 0 Å². The van der Waals surface area contributed by atoms with Crippen molar-refractivity contribution in [1.29, 1.82) is 0 Å². The summed E-state index contributed by atoms with van der Waals surface area (Å²) in [5.41, 5.74) is 1.98. The van der Waals surface area contributed by atoms with Crippen LogP contribution in [0.5, 0.6) is 0 Å². The van der Waals surface area contributed by atoms with Gasteiger partial charge in [0.1, 0.15) is 12.6 Å². The predicted octanol–water partition coefficient (Wildman–Crippen LogP) is 0.291. The van der Waals surface area contributed by atoms with Gasteiger partial charge in [-0.2, -0.15) is 0 Å². The van der Waals surface area contributed by atoms with Gasteiger partial charge in [0.25, 0.3) is 5.91 Å². The zero-order chi connectivity index (χ0) is 22.8. The maximum atomic E-state index is 12.9. The maximum absolute atomic E-state index is 12.9. The van der Waals surface area contributed by atoms with Crippen molar-refractivity contribution in [3.63, 3.8) is 0 Å². The Morgan fingerprint density at radius 1 is 1.21 bits per heavy atom. The van der Waals surface area contributed by atoms with E-state index in [1.807, 2.05) is 12.1 Å². The van der Waals surface area contributed by atoms with Crippen LogP contribution in [0.3, 0.4) is 0 Å². The summed E-state index contributed by atoms with van der Waals surface area (Å²) in [7, 11) is 0. The Bertz CT molecular complexity index is 1060. The van der Waals surface area contributed by atoms with Gasteiger partial charge in [0.15, 0.2) is 0 Å². The van der Waals surface area contributed by atoms with Crippen LogP contribution >= 0.6 is 0 Å². The SMILES string of the molecule is O=C1CCC(N2Cc3ccc(COC(=O)NC45CC4(N4CCOCC4)C5)cc3C2=O)C(=O)N1. The van der Waals surface area contributed by atoms with Gasteiger partial charge in [0.2, 0.25) is 11.8 Å². The lowest BCUT2D eigenvalue weighted by Crippen LogP contribution is -2.52. The van der Waals surface area contributed by atoms with E-state index in [0.29, 0.717) is 24.1 Å². The summed E-state index contributed by atoms with van der Waals surface area (Å²) in [5, 5.41) is 5.34. The van der Waals surface area contributed by atoms with E-state index in [4.69, 9.17) is 9.47 Å². The van der Waals surface area contributed by atoms with E-state index in [1.165, 1.54) is 4.90 Å². The highest BCUT2D eigenvalue weighted by molar-refractivity contribution is 6.05. The molecule has 2 saturated carbocycles. The van der Waals surface area contributed by atoms with Crippen LogP contribution in [0, 0.1) is 0 Å². The fraction of sp³-hybridized carbons (Fsp3) is 0.565.